The number of aromatic amines is 1. The van der Waals surface area contributed by atoms with Crippen molar-refractivity contribution in [3.05, 3.63) is 63.9 Å². The van der Waals surface area contributed by atoms with Crippen molar-refractivity contribution in [2.45, 2.75) is 13.5 Å². The zero-order chi connectivity index (χ0) is 17.1. The van der Waals surface area contributed by atoms with Crippen LogP contribution in [-0.4, -0.2) is 26.0 Å². The van der Waals surface area contributed by atoms with Crippen molar-refractivity contribution in [2.75, 3.05) is 0 Å². The maximum absolute atomic E-state index is 13.7. The summed E-state index contributed by atoms with van der Waals surface area (Å²) >= 11 is 0. The highest BCUT2D eigenvalue weighted by molar-refractivity contribution is 5.93. The number of nitrogens with zero attached hydrogens (tertiary/aromatic N) is 3. The second kappa shape index (κ2) is 6.41. The number of H-pyrrole nitrogens is 1. The molecule has 1 aromatic carbocycles. The molecule has 0 unspecified atom stereocenters. The standard InChI is InChI=1S/C15H12FN5O3/c1-8-17-6-10(15(23)19-8)14(22)18-7-12-20-13(21-24-12)9-4-2-3-5-11(9)16/h2-6H,7H2,1H3,(H,18,22)(H,17,19,23). The van der Waals surface area contributed by atoms with Gasteiger partial charge >= 0.3 is 0 Å². The van der Waals surface area contributed by atoms with E-state index in [1.165, 1.54) is 18.3 Å². The molecule has 0 aliphatic carbocycles. The molecular weight excluding hydrogens is 317 g/mol. The molecule has 3 aromatic rings. The number of hydrogen-bond acceptors (Lipinski definition) is 6. The first kappa shape index (κ1) is 15.5. The Hall–Kier alpha value is -3.36. The van der Waals surface area contributed by atoms with Gasteiger partial charge in [-0.1, -0.05) is 17.3 Å². The van der Waals surface area contributed by atoms with Gasteiger partial charge in [0, 0.05) is 6.20 Å². The lowest BCUT2D eigenvalue weighted by atomic mass is 10.2. The predicted octanol–water partition coefficient (Wildman–Crippen LogP) is 1.20. The van der Waals surface area contributed by atoms with Crippen molar-refractivity contribution < 1.29 is 13.7 Å². The van der Waals surface area contributed by atoms with Crippen LogP contribution in [0, 0.1) is 12.7 Å². The Morgan fingerprint density at radius 3 is 2.92 bits per heavy atom. The van der Waals surface area contributed by atoms with Gasteiger partial charge in [0.05, 0.1) is 12.1 Å². The second-order valence-corrected chi connectivity index (χ2v) is 4.89. The van der Waals surface area contributed by atoms with E-state index in [2.05, 4.69) is 25.4 Å². The van der Waals surface area contributed by atoms with E-state index in [1.54, 1.807) is 19.1 Å². The van der Waals surface area contributed by atoms with Gasteiger partial charge in [0.1, 0.15) is 17.2 Å². The number of hydrogen-bond donors (Lipinski definition) is 2. The van der Waals surface area contributed by atoms with Crippen LogP contribution in [0.1, 0.15) is 22.1 Å². The van der Waals surface area contributed by atoms with Crippen LogP contribution in [0.25, 0.3) is 11.4 Å². The van der Waals surface area contributed by atoms with E-state index >= 15 is 0 Å². The Kier molecular flexibility index (Phi) is 4.15. The first-order valence-electron chi connectivity index (χ1n) is 6.96. The second-order valence-electron chi connectivity index (χ2n) is 4.89. The minimum atomic E-state index is -0.630. The van der Waals surface area contributed by atoms with Crippen LogP contribution in [0.5, 0.6) is 0 Å². The molecule has 8 nitrogen and oxygen atoms in total. The average molecular weight is 329 g/mol. The Morgan fingerprint density at radius 1 is 1.38 bits per heavy atom. The Bertz CT molecular complexity index is 950. The molecular formula is C15H12FN5O3. The third-order valence-corrected chi connectivity index (χ3v) is 3.15. The number of carbonyl (C=O) groups excluding carboxylic acids is 1. The molecule has 2 heterocycles. The van der Waals surface area contributed by atoms with Gasteiger partial charge in [-0.3, -0.25) is 9.59 Å². The van der Waals surface area contributed by atoms with Crippen molar-refractivity contribution in [3.63, 3.8) is 0 Å². The van der Waals surface area contributed by atoms with Crippen molar-refractivity contribution >= 4 is 5.91 Å². The highest BCUT2D eigenvalue weighted by Crippen LogP contribution is 2.18. The van der Waals surface area contributed by atoms with Crippen LogP contribution in [0.15, 0.2) is 39.8 Å². The van der Waals surface area contributed by atoms with Crippen LogP contribution in [0.2, 0.25) is 0 Å². The lowest BCUT2D eigenvalue weighted by molar-refractivity contribution is 0.0944. The van der Waals surface area contributed by atoms with Gasteiger partial charge in [-0.2, -0.15) is 4.98 Å². The summed E-state index contributed by atoms with van der Waals surface area (Å²) in [6.45, 7) is 1.50. The molecule has 3 rings (SSSR count). The number of aromatic nitrogens is 4. The van der Waals surface area contributed by atoms with E-state index in [4.69, 9.17) is 4.52 Å². The smallest absolute Gasteiger partial charge is 0.263 e. The Balaban J connectivity index is 1.71. The molecule has 0 atom stereocenters. The summed E-state index contributed by atoms with van der Waals surface area (Å²) in [6, 6.07) is 5.99. The fraction of sp³-hybridized carbons (Fsp3) is 0.133. The van der Waals surface area contributed by atoms with Crippen molar-refractivity contribution in [1.29, 1.82) is 0 Å². The minimum Gasteiger partial charge on any atom is -0.343 e. The minimum absolute atomic E-state index is 0.0761. The van der Waals surface area contributed by atoms with Crippen molar-refractivity contribution in [1.82, 2.24) is 25.4 Å². The number of carbonyl (C=O) groups is 1. The molecule has 0 fully saturated rings. The quantitative estimate of drug-likeness (QED) is 0.743. The maximum Gasteiger partial charge on any atom is 0.263 e. The topological polar surface area (TPSA) is 114 Å². The number of rotatable bonds is 4. The molecule has 0 saturated carbocycles. The molecule has 9 heteroatoms. The monoisotopic (exact) mass is 329 g/mol. The van der Waals surface area contributed by atoms with Gasteiger partial charge in [-0.25, -0.2) is 9.37 Å². The molecule has 0 aliphatic rings. The van der Waals surface area contributed by atoms with Crippen LogP contribution in [0.3, 0.4) is 0 Å². The zero-order valence-electron chi connectivity index (χ0n) is 12.5. The van der Waals surface area contributed by atoms with Gasteiger partial charge < -0.3 is 14.8 Å². The van der Waals surface area contributed by atoms with E-state index < -0.39 is 17.3 Å². The summed E-state index contributed by atoms with van der Waals surface area (Å²) in [5.41, 5.74) is -0.481. The molecule has 0 bridgehead atoms. The summed E-state index contributed by atoms with van der Waals surface area (Å²) in [4.78, 5) is 33.9. The average Bonchev–Trinajstić information content (AvgIpc) is 3.02. The summed E-state index contributed by atoms with van der Waals surface area (Å²) in [6.07, 6.45) is 1.18. The first-order valence-corrected chi connectivity index (χ1v) is 6.96. The highest BCUT2D eigenvalue weighted by atomic mass is 19.1. The lowest BCUT2D eigenvalue weighted by Gasteiger charge is -2.01. The summed E-state index contributed by atoms with van der Waals surface area (Å²) in [7, 11) is 0. The summed E-state index contributed by atoms with van der Waals surface area (Å²) in [5.74, 6) is -0.547. The summed E-state index contributed by atoms with van der Waals surface area (Å²) in [5, 5.41) is 6.14. The molecule has 0 aliphatic heterocycles. The van der Waals surface area contributed by atoms with Gasteiger partial charge in [0.25, 0.3) is 11.5 Å². The SMILES string of the molecule is Cc1ncc(C(=O)NCc2nc(-c3ccccc3F)no2)c(=O)[nH]1. The molecule has 1 amide bonds. The normalized spacial score (nSPS) is 10.6. The van der Waals surface area contributed by atoms with Gasteiger partial charge in [0.2, 0.25) is 11.7 Å². The van der Waals surface area contributed by atoms with Gasteiger partial charge in [-0.05, 0) is 19.1 Å². The Labute approximate surface area is 134 Å². The number of nitrogens with one attached hydrogen (secondary N) is 2. The van der Waals surface area contributed by atoms with Crippen LogP contribution >= 0.6 is 0 Å². The van der Waals surface area contributed by atoms with Crippen LogP contribution < -0.4 is 10.9 Å². The molecule has 2 aromatic heterocycles. The van der Waals surface area contributed by atoms with Crippen LogP contribution in [-0.2, 0) is 6.54 Å². The summed E-state index contributed by atoms with van der Waals surface area (Å²) < 4.78 is 18.6. The van der Waals surface area contributed by atoms with E-state index in [-0.39, 0.29) is 29.4 Å². The van der Waals surface area contributed by atoms with E-state index in [9.17, 15) is 14.0 Å². The zero-order valence-corrected chi connectivity index (χ0v) is 12.5. The van der Waals surface area contributed by atoms with Gasteiger partial charge in [-0.15, -0.1) is 0 Å². The third-order valence-electron chi connectivity index (χ3n) is 3.15. The number of halogens is 1. The molecule has 24 heavy (non-hydrogen) atoms. The van der Waals surface area contributed by atoms with Crippen molar-refractivity contribution in [2.24, 2.45) is 0 Å². The maximum atomic E-state index is 13.7. The Morgan fingerprint density at radius 2 is 2.17 bits per heavy atom. The van der Waals surface area contributed by atoms with Gasteiger partial charge in [0.15, 0.2) is 0 Å². The molecule has 0 spiro atoms. The predicted molar refractivity (Wildman–Crippen MR) is 80.5 cm³/mol. The largest absolute Gasteiger partial charge is 0.343 e. The number of benzene rings is 1. The van der Waals surface area contributed by atoms with Crippen molar-refractivity contribution in [3.8, 4) is 11.4 Å². The first-order chi connectivity index (χ1) is 11.5. The lowest BCUT2D eigenvalue weighted by Crippen LogP contribution is -2.30. The number of amides is 1. The molecule has 0 radical (unpaired) electrons. The molecule has 2 N–H and O–H groups in total. The van der Waals surface area contributed by atoms with E-state index in [0.717, 1.165) is 0 Å². The van der Waals surface area contributed by atoms with Crippen LogP contribution in [0.4, 0.5) is 4.39 Å². The fourth-order valence-electron chi connectivity index (χ4n) is 1.98. The fourth-order valence-corrected chi connectivity index (χ4v) is 1.98. The molecule has 0 saturated heterocycles. The van der Waals surface area contributed by atoms with E-state index in [1.807, 2.05) is 0 Å². The molecule has 122 valence electrons. The van der Waals surface area contributed by atoms with E-state index in [0.29, 0.717) is 5.82 Å². The third kappa shape index (κ3) is 3.19. The number of aryl methyl sites for hydroxylation is 1. The highest BCUT2D eigenvalue weighted by Gasteiger charge is 2.15.